The van der Waals surface area contributed by atoms with Crippen LogP contribution in [0.1, 0.15) is 43.7 Å². The lowest BCUT2D eigenvalue weighted by Gasteiger charge is -2.41. The Morgan fingerprint density at radius 3 is 2.72 bits per heavy atom. The number of aliphatic hydroxyl groups is 1. The van der Waals surface area contributed by atoms with Crippen LogP contribution >= 0.6 is 0 Å². The molecule has 7 heteroatoms. The largest absolute Gasteiger partial charge is 0.388 e. The second kappa shape index (κ2) is 7.93. The summed E-state index contributed by atoms with van der Waals surface area (Å²) in [5.74, 6) is 0.474. The number of aromatic nitrogens is 4. The van der Waals surface area contributed by atoms with Crippen molar-refractivity contribution in [3.05, 3.63) is 88.9 Å². The average Bonchev–Trinajstić information content (AvgIpc) is 2.81. The molecule has 0 fully saturated rings. The molecule has 2 aromatic heterocycles. The van der Waals surface area contributed by atoms with Gasteiger partial charge >= 0.3 is 0 Å². The molecule has 1 aliphatic heterocycles. The van der Waals surface area contributed by atoms with Gasteiger partial charge in [-0.25, -0.2) is 15.0 Å². The third-order valence-corrected chi connectivity index (χ3v) is 6.38. The van der Waals surface area contributed by atoms with Gasteiger partial charge in [-0.05, 0) is 48.7 Å². The molecule has 1 aliphatic rings. The SMILES string of the molecule is CC1(C)NCn2c(nc(-c3ccncn3)cc2=O)C1C[C@H](O)c1ccc2ccccc2c1. The van der Waals surface area contributed by atoms with Gasteiger partial charge in [0.05, 0.1) is 24.2 Å². The normalized spacial score (nSPS) is 18.3. The highest BCUT2D eigenvalue weighted by atomic mass is 16.3. The number of fused-ring (bicyclic) bond motifs is 2. The first-order chi connectivity index (χ1) is 15.4. The number of nitrogens with one attached hydrogen (secondary N) is 1. The molecule has 0 bridgehead atoms. The molecule has 0 saturated carbocycles. The molecule has 0 amide bonds. The Morgan fingerprint density at radius 1 is 1.12 bits per heavy atom. The molecule has 2 atom stereocenters. The van der Waals surface area contributed by atoms with Crippen LogP contribution in [0, 0.1) is 0 Å². The molecule has 0 spiro atoms. The third kappa shape index (κ3) is 3.70. The maximum Gasteiger partial charge on any atom is 0.255 e. The van der Waals surface area contributed by atoms with E-state index < -0.39 is 6.10 Å². The molecule has 162 valence electrons. The number of rotatable bonds is 4. The quantitative estimate of drug-likeness (QED) is 0.519. The molecular formula is C25H25N5O2. The molecule has 0 radical (unpaired) electrons. The van der Waals surface area contributed by atoms with E-state index in [1.165, 1.54) is 12.4 Å². The maximum atomic E-state index is 12.9. The van der Waals surface area contributed by atoms with E-state index in [4.69, 9.17) is 4.98 Å². The van der Waals surface area contributed by atoms with Crippen LogP contribution in [0.2, 0.25) is 0 Å². The number of benzene rings is 2. The minimum absolute atomic E-state index is 0.142. The van der Waals surface area contributed by atoms with Crippen molar-refractivity contribution in [1.82, 2.24) is 24.8 Å². The molecule has 0 saturated heterocycles. The summed E-state index contributed by atoms with van der Waals surface area (Å²) in [5.41, 5.74) is 1.47. The van der Waals surface area contributed by atoms with E-state index in [1.807, 2.05) is 36.4 Å². The molecule has 32 heavy (non-hydrogen) atoms. The smallest absolute Gasteiger partial charge is 0.255 e. The van der Waals surface area contributed by atoms with Crippen LogP contribution < -0.4 is 10.9 Å². The molecule has 7 nitrogen and oxygen atoms in total. The summed E-state index contributed by atoms with van der Waals surface area (Å²) in [6.45, 7) is 4.54. The van der Waals surface area contributed by atoms with Crippen LogP contribution in [0.15, 0.2) is 71.9 Å². The summed E-state index contributed by atoms with van der Waals surface area (Å²) < 4.78 is 1.65. The van der Waals surface area contributed by atoms with Gasteiger partial charge in [-0.15, -0.1) is 0 Å². The summed E-state index contributed by atoms with van der Waals surface area (Å²) in [5, 5.41) is 16.8. The number of nitrogens with zero attached hydrogens (tertiary/aromatic N) is 4. The van der Waals surface area contributed by atoms with Crippen LogP contribution in [-0.4, -0.2) is 30.2 Å². The van der Waals surface area contributed by atoms with Gasteiger partial charge in [0.25, 0.3) is 5.56 Å². The Morgan fingerprint density at radius 2 is 1.94 bits per heavy atom. The predicted molar refractivity (Wildman–Crippen MR) is 123 cm³/mol. The second-order valence-electron chi connectivity index (χ2n) is 8.83. The van der Waals surface area contributed by atoms with Gasteiger partial charge in [0.15, 0.2) is 0 Å². The summed E-state index contributed by atoms with van der Waals surface area (Å²) in [7, 11) is 0. The maximum absolute atomic E-state index is 12.9. The minimum atomic E-state index is -0.697. The Labute approximate surface area is 185 Å². The van der Waals surface area contributed by atoms with Crippen molar-refractivity contribution >= 4 is 10.8 Å². The zero-order valence-corrected chi connectivity index (χ0v) is 18.1. The van der Waals surface area contributed by atoms with Gasteiger partial charge in [-0.2, -0.15) is 0 Å². The zero-order chi connectivity index (χ0) is 22.3. The summed E-state index contributed by atoms with van der Waals surface area (Å²) in [4.78, 5) is 25.9. The lowest BCUT2D eigenvalue weighted by atomic mass is 9.80. The van der Waals surface area contributed by atoms with Gasteiger partial charge in [-0.3, -0.25) is 14.7 Å². The first kappa shape index (κ1) is 20.5. The lowest BCUT2D eigenvalue weighted by Crippen LogP contribution is -2.53. The minimum Gasteiger partial charge on any atom is -0.388 e. The van der Waals surface area contributed by atoms with E-state index in [2.05, 4.69) is 35.2 Å². The highest BCUT2D eigenvalue weighted by Crippen LogP contribution is 2.38. The molecule has 2 N–H and O–H groups in total. The fourth-order valence-corrected chi connectivity index (χ4v) is 4.43. The van der Waals surface area contributed by atoms with E-state index in [1.54, 1.807) is 16.8 Å². The molecular weight excluding hydrogens is 402 g/mol. The average molecular weight is 428 g/mol. The Balaban J connectivity index is 1.54. The summed E-state index contributed by atoms with van der Waals surface area (Å²) >= 11 is 0. The van der Waals surface area contributed by atoms with Crippen molar-refractivity contribution in [3.8, 4) is 11.4 Å². The third-order valence-electron chi connectivity index (χ3n) is 6.38. The van der Waals surface area contributed by atoms with Crippen LogP contribution in [0.4, 0.5) is 0 Å². The van der Waals surface area contributed by atoms with Crippen molar-refractivity contribution in [1.29, 1.82) is 0 Å². The van der Waals surface area contributed by atoms with Gasteiger partial charge < -0.3 is 5.11 Å². The second-order valence-corrected chi connectivity index (χ2v) is 8.83. The fourth-order valence-electron chi connectivity index (χ4n) is 4.43. The van der Waals surface area contributed by atoms with Gasteiger partial charge in [-0.1, -0.05) is 36.4 Å². The van der Waals surface area contributed by atoms with Crippen molar-refractivity contribution in [2.75, 3.05) is 0 Å². The molecule has 2 aromatic carbocycles. The van der Waals surface area contributed by atoms with E-state index in [0.29, 0.717) is 30.3 Å². The fraction of sp³-hybridized carbons (Fsp3) is 0.280. The highest BCUT2D eigenvalue weighted by molar-refractivity contribution is 5.83. The number of hydrogen-bond acceptors (Lipinski definition) is 6. The van der Waals surface area contributed by atoms with E-state index >= 15 is 0 Å². The topological polar surface area (TPSA) is 92.9 Å². The Hall–Kier alpha value is -3.42. The first-order valence-electron chi connectivity index (χ1n) is 10.7. The summed E-state index contributed by atoms with van der Waals surface area (Å²) in [6.07, 6.45) is 2.81. The molecule has 3 heterocycles. The summed E-state index contributed by atoms with van der Waals surface area (Å²) in [6, 6.07) is 17.4. The van der Waals surface area contributed by atoms with Crippen LogP contribution in [0.5, 0.6) is 0 Å². The van der Waals surface area contributed by atoms with Crippen molar-refractivity contribution in [3.63, 3.8) is 0 Å². The van der Waals surface area contributed by atoms with Gasteiger partial charge in [0.2, 0.25) is 0 Å². The van der Waals surface area contributed by atoms with E-state index in [0.717, 1.165) is 16.3 Å². The zero-order valence-electron chi connectivity index (χ0n) is 18.1. The molecule has 1 unspecified atom stereocenters. The Bertz CT molecular complexity index is 1330. The van der Waals surface area contributed by atoms with E-state index in [9.17, 15) is 9.90 Å². The monoisotopic (exact) mass is 427 g/mol. The van der Waals surface area contributed by atoms with Crippen molar-refractivity contribution in [2.45, 2.75) is 44.5 Å². The van der Waals surface area contributed by atoms with Crippen molar-refractivity contribution < 1.29 is 5.11 Å². The van der Waals surface area contributed by atoms with Gasteiger partial charge in [0, 0.05) is 23.7 Å². The van der Waals surface area contributed by atoms with Gasteiger partial charge in [0.1, 0.15) is 12.2 Å². The molecule has 5 rings (SSSR count). The van der Waals surface area contributed by atoms with Crippen LogP contribution in [0.25, 0.3) is 22.2 Å². The highest BCUT2D eigenvalue weighted by Gasteiger charge is 2.39. The van der Waals surface area contributed by atoms with E-state index in [-0.39, 0.29) is 17.0 Å². The van der Waals surface area contributed by atoms with Crippen LogP contribution in [-0.2, 0) is 6.67 Å². The lowest BCUT2D eigenvalue weighted by molar-refractivity contribution is 0.120. The number of aliphatic hydroxyl groups excluding tert-OH is 1. The number of hydrogen-bond donors (Lipinski definition) is 2. The predicted octanol–water partition coefficient (Wildman–Crippen LogP) is 3.40. The standard InChI is InChI=1S/C25H25N5O2/c1-25(2)19(12-22(31)18-8-7-16-5-3-4-6-17(16)11-18)24-29-21(20-9-10-26-14-27-20)13-23(32)30(24)15-28-25/h3-11,13-14,19,22,28,31H,12,15H2,1-2H3/t19?,22-/m0/s1. The Kier molecular flexibility index (Phi) is 5.07. The first-order valence-corrected chi connectivity index (χ1v) is 10.7. The molecule has 0 aliphatic carbocycles. The molecule has 4 aromatic rings. The van der Waals surface area contributed by atoms with Crippen molar-refractivity contribution in [2.24, 2.45) is 0 Å². The van der Waals surface area contributed by atoms with Crippen LogP contribution in [0.3, 0.4) is 0 Å².